The van der Waals surface area contributed by atoms with E-state index in [0.717, 1.165) is 32.0 Å². The molecule has 21 heavy (non-hydrogen) atoms. The molecule has 0 spiro atoms. The summed E-state index contributed by atoms with van der Waals surface area (Å²) in [4.78, 5) is 2.44. The molecule has 0 saturated carbocycles. The van der Waals surface area contributed by atoms with Crippen LogP contribution in [0.15, 0.2) is 24.5 Å². The summed E-state index contributed by atoms with van der Waals surface area (Å²) >= 11 is 0. The average Bonchev–Trinajstić information content (AvgIpc) is 2.95. The van der Waals surface area contributed by atoms with Crippen molar-refractivity contribution >= 4 is 0 Å². The fraction of sp³-hybridized carbons (Fsp3) is 0.500. The van der Waals surface area contributed by atoms with Crippen LogP contribution >= 0.6 is 0 Å². The number of fused-ring (bicyclic) bond motifs is 1. The summed E-state index contributed by atoms with van der Waals surface area (Å²) in [5, 5.41) is 11.6. The molecular formula is C16H23N5. The van der Waals surface area contributed by atoms with Crippen LogP contribution in [-0.4, -0.2) is 39.8 Å². The van der Waals surface area contributed by atoms with Gasteiger partial charge in [0.05, 0.1) is 6.54 Å². The molecule has 0 fully saturated rings. The third-order valence-electron chi connectivity index (χ3n) is 4.44. The first-order chi connectivity index (χ1) is 10.2. The standard InChI is InChI=1S/C16H23N5/c1-12-4-5-14(8-13(12)2)15(17-3)9-20-6-7-21-11-18-19-16(21)10-20/h4-5,8,11,15,17H,6-7,9-10H2,1-3H3. The van der Waals surface area contributed by atoms with Crippen molar-refractivity contribution < 1.29 is 0 Å². The van der Waals surface area contributed by atoms with Gasteiger partial charge in [0.25, 0.3) is 0 Å². The van der Waals surface area contributed by atoms with Crippen LogP contribution in [0.25, 0.3) is 0 Å². The number of aromatic nitrogens is 3. The Labute approximate surface area is 126 Å². The number of nitrogens with zero attached hydrogens (tertiary/aromatic N) is 4. The van der Waals surface area contributed by atoms with E-state index in [1.165, 1.54) is 16.7 Å². The minimum Gasteiger partial charge on any atom is -0.315 e. The first kappa shape index (κ1) is 14.2. The molecule has 2 heterocycles. The van der Waals surface area contributed by atoms with E-state index in [2.05, 4.69) is 57.0 Å². The molecule has 1 atom stereocenters. The van der Waals surface area contributed by atoms with Gasteiger partial charge in [0.15, 0.2) is 0 Å². The highest BCUT2D eigenvalue weighted by molar-refractivity contribution is 5.31. The van der Waals surface area contributed by atoms with E-state index in [1.54, 1.807) is 0 Å². The Morgan fingerprint density at radius 1 is 1.24 bits per heavy atom. The second-order valence-electron chi connectivity index (χ2n) is 5.86. The topological polar surface area (TPSA) is 46.0 Å². The minimum absolute atomic E-state index is 0.346. The molecule has 2 aromatic rings. The Morgan fingerprint density at radius 3 is 2.86 bits per heavy atom. The first-order valence-electron chi connectivity index (χ1n) is 7.51. The summed E-state index contributed by atoms with van der Waals surface area (Å²) in [6.45, 7) is 8.23. The van der Waals surface area contributed by atoms with E-state index in [1.807, 2.05) is 13.4 Å². The Kier molecular flexibility index (Phi) is 4.03. The molecule has 1 unspecified atom stereocenters. The van der Waals surface area contributed by atoms with Crippen molar-refractivity contribution in [3.63, 3.8) is 0 Å². The van der Waals surface area contributed by atoms with Gasteiger partial charge in [-0.1, -0.05) is 18.2 Å². The molecule has 5 nitrogen and oxygen atoms in total. The molecule has 0 radical (unpaired) electrons. The van der Waals surface area contributed by atoms with Crippen LogP contribution in [0.5, 0.6) is 0 Å². The normalized spacial score (nSPS) is 16.7. The summed E-state index contributed by atoms with van der Waals surface area (Å²) in [6, 6.07) is 7.08. The maximum Gasteiger partial charge on any atom is 0.147 e. The summed E-state index contributed by atoms with van der Waals surface area (Å²) in [5.41, 5.74) is 4.05. The van der Waals surface area contributed by atoms with Crippen molar-refractivity contribution in [1.82, 2.24) is 25.0 Å². The molecule has 5 heteroatoms. The maximum absolute atomic E-state index is 4.19. The zero-order chi connectivity index (χ0) is 14.8. The Morgan fingerprint density at radius 2 is 2.10 bits per heavy atom. The fourth-order valence-electron chi connectivity index (χ4n) is 2.88. The summed E-state index contributed by atoms with van der Waals surface area (Å²) in [7, 11) is 2.03. The van der Waals surface area contributed by atoms with Gasteiger partial charge in [-0.2, -0.15) is 0 Å². The van der Waals surface area contributed by atoms with Gasteiger partial charge < -0.3 is 9.88 Å². The maximum atomic E-state index is 4.19. The van der Waals surface area contributed by atoms with Gasteiger partial charge in [-0.25, -0.2) is 0 Å². The number of rotatable bonds is 4. The van der Waals surface area contributed by atoms with Crippen LogP contribution in [0.2, 0.25) is 0 Å². The number of aryl methyl sites for hydroxylation is 2. The molecule has 0 aliphatic carbocycles. The van der Waals surface area contributed by atoms with Crippen LogP contribution in [0.3, 0.4) is 0 Å². The molecule has 1 aliphatic heterocycles. The van der Waals surface area contributed by atoms with E-state index >= 15 is 0 Å². The molecule has 3 rings (SSSR count). The van der Waals surface area contributed by atoms with Crippen molar-refractivity contribution in [3.05, 3.63) is 47.0 Å². The van der Waals surface area contributed by atoms with Gasteiger partial charge in [0, 0.05) is 25.7 Å². The molecule has 112 valence electrons. The molecule has 0 amide bonds. The summed E-state index contributed by atoms with van der Waals surface area (Å²) < 4.78 is 2.14. The second kappa shape index (κ2) is 5.95. The van der Waals surface area contributed by atoms with Crippen LogP contribution in [-0.2, 0) is 13.1 Å². The average molecular weight is 285 g/mol. The molecule has 1 aliphatic rings. The zero-order valence-corrected chi connectivity index (χ0v) is 13.0. The molecule has 1 aromatic heterocycles. The Bertz CT molecular complexity index is 619. The van der Waals surface area contributed by atoms with Gasteiger partial charge in [-0.05, 0) is 37.6 Å². The van der Waals surface area contributed by atoms with Crippen LogP contribution in [0.1, 0.15) is 28.6 Å². The Balaban J connectivity index is 1.71. The summed E-state index contributed by atoms with van der Waals surface area (Å²) in [6.07, 6.45) is 1.82. The van der Waals surface area contributed by atoms with Crippen molar-refractivity contribution in [3.8, 4) is 0 Å². The highest BCUT2D eigenvalue weighted by atomic mass is 15.3. The van der Waals surface area contributed by atoms with Crippen LogP contribution < -0.4 is 5.32 Å². The minimum atomic E-state index is 0.346. The van der Waals surface area contributed by atoms with E-state index in [-0.39, 0.29) is 0 Å². The predicted octanol–water partition coefficient (Wildman–Crippen LogP) is 1.67. The smallest absolute Gasteiger partial charge is 0.147 e. The van der Waals surface area contributed by atoms with Gasteiger partial charge in [0.2, 0.25) is 0 Å². The van der Waals surface area contributed by atoms with Gasteiger partial charge in [0.1, 0.15) is 12.2 Å². The van der Waals surface area contributed by atoms with E-state index < -0.39 is 0 Å². The molecule has 0 bridgehead atoms. The second-order valence-corrected chi connectivity index (χ2v) is 5.86. The highest BCUT2D eigenvalue weighted by Gasteiger charge is 2.21. The highest BCUT2D eigenvalue weighted by Crippen LogP contribution is 2.20. The largest absolute Gasteiger partial charge is 0.315 e. The van der Waals surface area contributed by atoms with Gasteiger partial charge >= 0.3 is 0 Å². The number of hydrogen-bond donors (Lipinski definition) is 1. The molecule has 0 saturated heterocycles. The summed E-state index contributed by atoms with van der Waals surface area (Å²) in [5.74, 6) is 1.07. The first-order valence-corrected chi connectivity index (χ1v) is 7.51. The lowest BCUT2D eigenvalue weighted by Crippen LogP contribution is -2.39. The quantitative estimate of drug-likeness (QED) is 0.928. The van der Waals surface area contributed by atoms with Crippen molar-refractivity contribution in [1.29, 1.82) is 0 Å². The fourth-order valence-corrected chi connectivity index (χ4v) is 2.88. The molecule has 1 N–H and O–H groups in total. The molecule has 1 aromatic carbocycles. The van der Waals surface area contributed by atoms with E-state index in [4.69, 9.17) is 0 Å². The lowest BCUT2D eigenvalue weighted by molar-refractivity contribution is 0.197. The van der Waals surface area contributed by atoms with Gasteiger partial charge in [-0.3, -0.25) is 4.90 Å². The van der Waals surface area contributed by atoms with E-state index in [0.29, 0.717) is 6.04 Å². The number of nitrogens with one attached hydrogen (secondary N) is 1. The SMILES string of the molecule is CNC(CN1CCn2cnnc2C1)c1ccc(C)c(C)c1. The van der Waals surface area contributed by atoms with Crippen molar-refractivity contribution in [2.24, 2.45) is 0 Å². The number of benzene rings is 1. The Hall–Kier alpha value is -1.72. The number of likely N-dealkylation sites (N-methyl/N-ethyl adjacent to an activating group) is 1. The van der Waals surface area contributed by atoms with Gasteiger partial charge in [-0.15, -0.1) is 10.2 Å². The van der Waals surface area contributed by atoms with Crippen molar-refractivity contribution in [2.45, 2.75) is 33.0 Å². The monoisotopic (exact) mass is 285 g/mol. The number of hydrogen-bond acceptors (Lipinski definition) is 4. The van der Waals surface area contributed by atoms with Crippen molar-refractivity contribution in [2.75, 3.05) is 20.1 Å². The third kappa shape index (κ3) is 2.99. The third-order valence-corrected chi connectivity index (χ3v) is 4.44. The van der Waals surface area contributed by atoms with E-state index in [9.17, 15) is 0 Å². The lowest BCUT2D eigenvalue weighted by atomic mass is 10.0. The van der Waals surface area contributed by atoms with Crippen LogP contribution in [0.4, 0.5) is 0 Å². The zero-order valence-electron chi connectivity index (χ0n) is 13.0. The lowest BCUT2D eigenvalue weighted by Gasteiger charge is -2.30. The van der Waals surface area contributed by atoms with Crippen LogP contribution in [0, 0.1) is 13.8 Å². The molecular weight excluding hydrogens is 262 g/mol. The predicted molar refractivity (Wildman–Crippen MR) is 83.0 cm³/mol.